The van der Waals surface area contributed by atoms with Crippen LogP contribution < -0.4 is 15.9 Å². The van der Waals surface area contributed by atoms with Gasteiger partial charge in [0.15, 0.2) is 5.75 Å². The molecule has 1 fully saturated rings. The highest BCUT2D eigenvalue weighted by molar-refractivity contribution is 5.73. The third-order valence-corrected chi connectivity index (χ3v) is 3.71. The van der Waals surface area contributed by atoms with Crippen LogP contribution in [0.15, 0.2) is 17.1 Å². The van der Waals surface area contributed by atoms with Gasteiger partial charge in [-0.25, -0.2) is 0 Å². The van der Waals surface area contributed by atoms with E-state index in [1.54, 1.807) is 10.8 Å². The summed E-state index contributed by atoms with van der Waals surface area (Å²) in [5.74, 6) is -0.223. The summed E-state index contributed by atoms with van der Waals surface area (Å²) in [7, 11) is 3.53. The van der Waals surface area contributed by atoms with Gasteiger partial charge in [-0.15, -0.1) is 0 Å². The van der Waals surface area contributed by atoms with Crippen molar-refractivity contribution in [1.82, 2.24) is 14.4 Å². The van der Waals surface area contributed by atoms with Gasteiger partial charge >= 0.3 is 0 Å². The van der Waals surface area contributed by atoms with Crippen LogP contribution in [0.2, 0.25) is 0 Å². The number of amides is 1. The zero-order valence-corrected chi connectivity index (χ0v) is 12.5. The van der Waals surface area contributed by atoms with E-state index in [2.05, 4.69) is 16.8 Å². The van der Waals surface area contributed by atoms with Crippen molar-refractivity contribution in [3.63, 3.8) is 0 Å². The second-order valence-corrected chi connectivity index (χ2v) is 5.37. The van der Waals surface area contributed by atoms with E-state index in [1.807, 2.05) is 0 Å². The molecule has 7 heteroatoms. The molecule has 1 saturated heterocycles. The number of ether oxygens (including phenoxy) is 1. The zero-order valence-electron chi connectivity index (χ0n) is 12.5. The Morgan fingerprint density at radius 3 is 2.57 bits per heavy atom. The number of primary amides is 1. The molecule has 1 aliphatic rings. The minimum atomic E-state index is -0.444. The number of nitrogens with two attached hydrogens (primary N) is 1. The molecule has 0 radical (unpaired) electrons. The fraction of sp³-hybridized carbons (Fsp3) is 0.571. The van der Waals surface area contributed by atoms with Gasteiger partial charge in [0.05, 0.1) is 13.3 Å². The Morgan fingerprint density at radius 2 is 2.00 bits per heavy atom. The van der Waals surface area contributed by atoms with Crippen LogP contribution in [-0.4, -0.2) is 60.6 Å². The standard InChI is InChI=1S/C14H22N4O3/c1-16-3-5-17(6-4-16)8-11-7-12(19)13(21-2)9-18(11)10-14(15)20/h7,9H,3-6,8,10H2,1-2H3,(H2,15,20). The number of likely N-dealkylation sites (N-methyl/N-ethyl adjacent to an activating group) is 1. The SMILES string of the molecule is COc1cn(CC(N)=O)c(CN2CCN(C)CC2)cc1=O. The predicted molar refractivity (Wildman–Crippen MR) is 79.2 cm³/mol. The van der Waals surface area contributed by atoms with Gasteiger partial charge in [-0.3, -0.25) is 14.5 Å². The first-order valence-electron chi connectivity index (χ1n) is 6.96. The highest BCUT2D eigenvalue weighted by Crippen LogP contribution is 2.11. The number of nitrogens with zero attached hydrogens (tertiary/aromatic N) is 3. The second kappa shape index (κ2) is 6.73. The molecule has 0 bridgehead atoms. The molecule has 2 heterocycles. The van der Waals surface area contributed by atoms with E-state index in [0.717, 1.165) is 31.9 Å². The maximum absolute atomic E-state index is 11.9. The molecule has 116 valence electrons. The minimum Gasteiger partial charge on any atom is -0.491 e. The minimum absolute atomic E-state index is 0.0414. The molecule has 1 aliphatic heterocycles. The lowest BCUT2D eigenvalue weighted by Gasteiger charge is -2.32. The number of carbonyl (C=O) groups is 1. The molecule has 7 nitrogen and oxygen atoms in total. The first kappa shape index (κ1) is 15.5. The quantitative estimate of drug-likeness (QED) is 0.760. The number of carbonyl (C=O) groups excluding carboxylic acids is 1. The molecule has 0 spiro atoms. The van der Waals surface area contributed by atoms with Crippen LogP contribution >= 0.6 is 0 Å². The number of rotatable bonds is 5. The molecule has 0 saturated carbocycles. The summed E-state index contributed by atoms with van der Waals surface area (Å²) in [5.41, 5.74) is 5.88. The van der Waals surface area contributed by atoms with E-state index >= 15 is 0 Å². The lowest BCUT2D eigenvalue weighted by molar-refractivity contribution is -0.118. The first-order valence-corrected chi connectivity index (χ1v) is 6.96. The number of hydrogen-bond donors (Lipinski definition) is 1. The molecule has 1 aromatic rings. The van der Waals surface area contributed by atoms with E-state index < -0.39 is 5.91 Å². The summed E-state index contributed by atoms with van der Waals surface area (Å²) < 4.78 is 6.72. The summed E-state index contributed by atoms with van der Waals surface area (Å²) in [4.78, 5) is 27.7. The maximum Gasteiger partial charge on any atom is 0.237 e. The maximum atomic E-state index is 11.9. The van der Waals surface area contributed by atoms with Crippen LogP contribution in [0, 0.1) is 0 Å². The molecule has 0 atom stereocenters. The fourth-order valence-electron chi connectivity index (χ4n) is 2.43. The van der Waals surface area contributed by atoms with Crippen LogP contribution in [0.4, 0.5) is 0 Å². The summed E-state index contributed by atoms with van der Waals surface area (Å²) in [6.07, 6.45) is 1.55. The van der Waals surface area contributed by atoms with E-state index in [9.17, 15) is 9.59 Å². The smallest absolute Gasteiger partial charge is 0.237 e. The van der Waals surface area contributed by atoms with Gasteiger partial charge in [-0.1, -0.05) is 0 Å². The molecular weight excluding hydrogens is 272 g/mol. The second-order valence-electron chi connectivity index (χ2n) is 5.37. The molecule has 0 unspecified atom stereocenters. The normalized spacial score (nSPS) is 16.9. The van der Waals surface area contributed by atoms with Crippen LogP contribution in [0.3, 0.4) is 0 Å². The Balaban J connectivity index is 2.22. The van der Waals surface area contributed by atoms with E-state index in [4.69, 9.17) is 10.5 Å². The summed E-state index contributed by atoms with van der Waals surface area (Å²) >= 11 is 0. The molecule has 1 aromatic heterocycles. The largest absolute Gasteiger partial charge is 0.491 e. The predicted octanol–water partition coefficient (Wildman–Crippen LogP) is -0.910. The average molecular weight is 294 g/mol. The molecule has 2 rings (SSSR count). The van der Waals surface area contributed by atoms with Gasteiger partial charge in [0.25, 0.3) is 0 Å². The third-order valence-electron chi connectivity index (χ3n) is 3.71. The summed E-state index contributed by atoms with van der Waals surface area (Å²) in [5, 5.41) is 0. The van der Waals surface area contributed by atoms with Crippen molar-refractivity contribution >= 4 is 5.91 Å². The topological polar surface area (TPSA) is 80.8 Å². The van der Waals surface area contributed by atoms with Crippen LogP contribution in [0.5, 0.6) is 5.75 Å². The van der Waals surface area contributed by atoms with Crippen molar-refractivity contribution in [2.24, 2.45) is 5.73 Å². The summed E-state index contributed by atoms with van der Waals surface area (Å²) in [6, 6.07) is 1.53. The Kier molecular flexibility index (Phi) is 4.98. The Hall–Kier alpha value is -1.86. The highest BCUT2D eigenvalue weighted by atomic mass is 16.5. The number of piperazine rings is 1. The highest BCUT2D eigenvalue weighted by Gasteiger charge is 2.16. The third kappa shape index (κ3) is 4.05. The number of pyridine rings is 1. The summed E-state index contributed by atoms with van der Waals surface area (Å²) in [6.45, 7) is 4.53. The van der Waals surface area contributed by atoms with E-state index in [-0.39, 0.29) is 17.7 Å². The molecule has 21 heavy (non-hydrogen) atoms. The number of methoxy groups -OCH3 is 1. The fourth-order valence-corrected chi connectivity index (χ4v) is 2.43. The Labute approximate surface area is 123 Å². The lowest BCUT2D eigenvalue weighted by Crippen LogP contribution is -2.44. The average Bonchev–Trinajstić information content (AvgIpc) is 2.43. The first-order chi connectivity index (χ1) is 9.99. The number of aromatic nitrogens is 1. The molecule has 0 aromatic carbocycles. The van der Waals surface area contributed by atoms with E-state index in [1.165, 1.54) is 13.2 Å². The lowest BCUT2D eigenvalue weighted by atomic mass is 10.2. The van der Waals surface area contributed by atoms with E-state index in [0.29, 0.717) is 6.54 Å². The molecular formula is C14H22N4O3. The molecule has 2 N–H and O–H groups in total. The van der Waals surface area contributed by atoms with Crippen molar-refractivity contribution < 1.29 is 9.53 Å². The van der Waals surface area contributed by atoms with Crippen LogP contribution in [-0.2, 0) is 17.9 Å². The van der Waals surface area contributed by atoms with Gasteiger partial charge in [0.1, 0.15) is 6.54 Å². The van der Waals surface area contributed by atoms with Crippen LogP contribution in [0.1, 0.15) is 5.69 Å². The van der Waals surface area contributed by atoms with Gasteiger partial charge < -0.3 is 19.9 Å². The van der Waals surface area contributed by atoms with Crippen molar-refractivity contribution in [3.8, 4) is 5.75 Å². The monoisotopic (exact) mass is 294 g/mol. The zero-order chi connectivity index (χ0) is 15.4. The van der Waals surface area contributed by atoms with Gasteiger partial charge in [-0.05, 0) is 7.05 Å². The number of hydrogen-bond acceptors (Lipinski definition) is 5. The van der Waals surface area contributed by atoms with Gasteiger partial charge in [0.2, 0.25) is 11.3 Å². The van der Waals surface area contributed by atoms with Crippen molar-refractivity contribution in [3.05, 3.63) is 28.2 Å². The van der Waals surface area contributed by atoms with Crippen molar-refractivity contribution in [2.75, 3.05) is 40.3 Å². The van der Waals surface area contributed by atoms with Crippen molar-refractivity contribution in [2.45, 2.75) is 13.1 Å². The Morgan fingerprint density at radius 1 is 1.33 bits per heavy atom. The van der Waals surface area contributed by atoms with Gasteiger partial charge in [-0.2, -0.15) is 0 Å². The molecule has 1 amide bonds. The molecule has 0 aliphatic carbocycles. The van der Waals surface area contributed by atoms with Crippen LogP contribution in [0.25, 0.3) is 0 Å². The van der Waals surface area contributed by atoms with Gasteiger partial charge in [0, 0.05) is 44.5 Å². The van der Waals surface area contributed by atoms with Crippen molar-refractivity contribution in [1.29, 1.82) is 0 Å². The Bertz CT molecular complexity index is 562.